The van der Waals surface area contributed by atoms with E-state index >= 15 is 0 Å². The molecule has 5 nitrogen and oxygen atoms in total. The number of aryl methyl sites for hydroxylation is 2. The molecule has 0 atom stereocenters. The zero-order chi connectivity index (χ0) is 16.0. The van der Waals surface area contributed by atoms with Gasteiger partial charge in [-0.15, -0.1) is 0 Å². The van der Waals surface area contributed by atoms with Crippen LogP contribution in [-0.4, -0.2) is 39.4 Å². The molecule has 5 heteroatoms. The topological polar surface area (TPSA) is 50.5 Å². The lowest BCUT2D eigenvalue weighted by atomic mass is 9.92. The van der Waals surface area contributed by atoms with Gasteiger partial charge in [0.15, 0.2) is 0 Å². The molecule has 2 aliphatic rings. The molecule has 0 aliphatic carbocycles. The summed E-state index contributed by atoms with van der Waals surface area (Å²) in [5, 5.41) is 4.42. The Kier molecular flexibility index (Phi) is 3.15. The van der Waals surface area contributed by atoms with E-state index in [-0.39, 0.29) is 12.5 Å². The van der Waals surface area contributed by atoms with Gasteiger partial charge in [-0.2, -0.15) is 5.10 Å². The van der Waals surface area contributed by atoms with Crippen molar-refractivity contribution in [2.75, 3.05) is 13.1 Å². The molecule has 4 rings (SSSR count). The molecule has 0 N–H and O–H groups in total. The average molecular weight is 306 g/mol. The van der Waals surface area contributed by atoms with Crippen LogP contribution in [0.25, 0.3) is 5.70 Å². The van der Waals surface area contributed by atoms with E-state index in [9.17, 15) is 4.79 Å². The maximum absolute atomic E-state index is 12.5. The highest BCUT2D eigenvalue weighted by atomic mass is 16.2. The molecule has 0 spiro atoms. The summed E-state index contributed by atoms with van der Waals surface area (Å²) in [7, 11) is 1.88. The maximum atomic E-state index is 12.5. The SMILES string of the molecule is Cc1cccc2c1CCN1C(=O)CN=C(c3ccn(C)n3)C=C21. The van der Waals surface area contributed by atoms with Gasteiger partial charge in [0.25, 0.3) is 0 Å². The van der Waals surface area contributed by atoms with Crippen molar-refractivity contribution in [1.82, 2.24) is 14.7 Å². The minimum absolute atomic E-state index is 0.0503. The van der Waals surface area contributed by atoms with Gasteiger partial charge in [-0.1, -0.05) is 18.2 Å². The van der Waals surface area contributed by atoms with E-state index in [0.29, 0.717) is 6.54 Å². The highest BCUT2D eigenvalue weighted by Gasteiger charge is 2.28. The normalized spacial score (nSPS) is 17.1. The van der Waals surface area contributed by atoms with E-state index < -0.39 is 0 Å². The first-order valence-corrected chi connectivity index (χ1v) is 7.79. The van der Waals surface area contributed by atoms with E-state index in [2.05, 4.69) is 29.1 Å². The van der Waals surface area contributed by atoms with Crippen LogP contribution in [0.15, 0.2) is 41.5 Å². The van der Waals surface area contributed by atoms with Crippen LogP contribution in [-0.2, 0) is 18.3 Å². The monoisotopic (exact) mass is 306 g/mol. The summed E-state index contributed by atoms with van der Waals surface area (Å²) < 4.78 is 1.75. The number of rotatable bonds is 1. The van der Waals surface area contributed by atoms with Gasteiger partial charge in [0.2, 0.25) is 5.91 Å². The van der Waals surface area contributed by atoms with Gasteiger partial charge >= 0.3 is 0 Å². The van der Waals surface area contributed by atoms with Crippen LogP contribution in [0, 0.1) is 6.92 Å². The highest BCUT2D eigenvalue weighted by Crippen LogP contribution is 2.32. The van der Waals surface area contributed by atoms with Crippen LogP contribution < -0.4 is 0 Å². The predicted octanol–water partition coefficient (Wildman–Crippen LogP) is 1.96. The quantitative estimate of drug-likeness (QED) is 0.808. The third kappa shape index (κ3) is 2.29. The third-order valence-corrected chi connectivity index (χ3v) is 4.50. The van der Waals surface area contributed by atoms with E-state index in [1.807, 2.05) is 36.4 Å². The first kappa shape index (κ1) is 13.9. The molecular weight excluding hydrogens is 288 g/mol. The third-order valence-electron chi connectivity index (χ3n) is 4.50. The summed E-state index contributed by atoms with van der Waals surface area (Å²) in [6.07, 6.45) is 4.79. The number of hydrogen-bond acceptors (Lipinski definition) is 3. The summed E-state index contributed by atoms with van der Waals surface area (Å²) in [5.41, 5.74) is 6.25. The number of nitrogens with zero attached hydrogens (tertiary/aromatic N) is 4. The van der Waals surface area contributed by atoms with Crippen molar-refractivity contribution in [1.29, 1.82) is 0 Å². The van der Waals surface area contributed by atoms with Gasteiger partial charge in [0, 0.05) is 25.4 Å². The number of aliphatic imine (C=N–C) groups is 1. The lowest BCUT2D eigenvalue weighted by Crippen LogP contribution is -2.36. The minimum atomic E-state index is 0.0503. The fourth-order valence-electron chi connectivity index (χ4n) is 3.30. The van der Waals surface area contributed by atoms with Gasteiger partial charge < -0.3 is 4.90 Å². The van der Waals surface area contributed by atoms with Gasteiger partial charge in [-0.05, 0) is 36.6 Å². The Morgan fingerprint density at radius 1 is 1.22 bits per heavy atom. The van der Waals surface area contributed by atoms with Crippen LogP contribution in [0.5, 0.6) is 0 Å². The van der Waals surface area contributed by atoms with Crippen LogP contribution >= 0.6 is 0 Å². The standard InChI is InChI=1S/C18H18N4O/c1-12-4-3-5-14-13(12)6-9-22-17(14)10-16(19-11-18(22)23)15-7-8-21(2)20-15/h3-5,7-8,10H,6,9,11H2,1-2H3. The van der Waals surface area contributed by atoms with E-state index in [0.717, 1.165) is 29.1 Å². The molecule has 0 fully saturated rings. The number of amides is 1. The first-order valence-electron chi connectivity index (χ1n) is 7.79. The van der Waals surface area contributed by atoms with Crippen LogP contribution in [0.1, 0.15) is 22.4 Å². The molecule has 1 amide bonds. The highest BCUT2D eigenvalue weighted by molar-refractivity contribution is 6.14. The molecule has 0 saturated heterocycles. The van der Waals surface area contributed by atoms with Crippen molar-refractivity contribution in [3.63, 3.8) is 0 Å². The van der Waals surface area contributed by atoms with Crippen molar-refractivity contribution >= 4 is 17.3 Å². The second kappa shape index (κ2) is 5.19. The number of aromatic nitrogens is 2. The van der Waals surface area contributed by atoms with E-state index in [4.69, 9.17) is 0 Å². The van der Waals surface area contributed by atoms with Gasteiger partial charge in [0.1, 0.15) is 12.2 Å². The number of carbonyl (C=O) groups excluding carboxylic acids is 1. The van der Waals surface area contributed by atoms with Crippen LogP contribution in [0.4, 0.5) is 0 Å². The fourth-order valence-corrected chi connectivity index (χ4v) is 3.30. The average Bonchev–Trinajstić information content (AvgIpc) is 2.90. The molecular formula is C18H18N4O. The van der Waals surface area contributed by atoms with Crippen molar-refractivity contribution in [2.45, 2.75) is 13.3 Å². The molecule has 1 aromatic carbocycles. The van der Waals surface area contributed by atoms with Crippen LogP contribution in [0.2, 0.25) is 0 Å². The van der Waals surface area contributed by atoms with Crippen molar-refractivity contribution in [3.05, 3.63) is 58.9 Å². The molecule has 2 aromatic rings. The predicted molar refractivity (Wildman–Crippen MR) is 89.2 cm³/mol. The van der Waals surface area contributed by atoms with Crippen molar-refractivity contribution < 1.29 is 4.79 Å². The second-order valence-corrected chi connectivity index (χ2v) is 6.00. The summed E-state index contributed by atoms with van der Waals surface area (Å²) >= 11 is 0. The number of allylic oxidation sites excluding steroid dienone is 1. The Bertz CT molecular complexity index is 860. The molecule has 0 saturated carbocycles. The summed E-state index contributed by atoms with van der Waals surface area (Å²) in [5.74, 6) is 0.0503. The first-order chi connectivity index (χ1) is 11.1. The van der Waals surface area contributed by atoms with Crippen molar-refractivity contribution in [3.8, 4) is 0 Å². The second-order valence-electron chi connectivity index (χ2n) is 6.00. The zero-order valence-electron chi connectivity index (χ0n) is 13.3. The summed E-state index contributed by atoms with van der Waals surface area (Å²) in [6.45, 7) is 3.02. The molecule has 0 bridgehead atoms. The summed E-state index contributed by atoms with van der Waals surface area (Å²) in [4.78, 5) is 18.8. The number of benzene rings is 1. The Balaban J connectivity index is 1.88. The zero-order valence-corrected chi connectivity index (χ0v) is 13.3. The maximum Gasteiger partial charge on any atom is 0.248 e. The molecule has 2 aliphatic heterocycles. The Morgan fingerprint density at radius 2 is 2.09 bits per heavy atom. The Morgan fingerprint density at radius 3 is 2.87 bits per heavy atom. The Hall–Kier alpha value is -2.69. The van der Waals surface area contributed by atoms with Gasteiger partial charge in [-0.3, -0.25) is 14.5 Å². The fraction of sp³-hybridized carbons (Fsp3) is 0.278. The molecule has 0 unspecified atom stereocenters. The summed E-state index contributed by atoms with van der Waals surface area (Å²) in [6, 6.07) is 8.19. The van der Waals surface area contributed by atoms with E-state index in [1.54, 1.807) is 4.68 Å². The van der Waals surface area contributed by atoms with Crippen molar-refractivity contribution in [2.24, 2.45) is 12.0 Å². The molecule has 116 valence electrons. The van der Waals surface area contributed by atoms with E-state index in [1.165, 1.54) is 11.1 Å². The minimum Gasteiger partial charge on any atom is -0.310 e. The molecule has 0 radical (unpaired) electrons. The largest absolute Gasteiger partial charge is 0.310 e. The number of carbonyl (C=O) groups is 1. The van der Waals surface area contributed by atoms with Gasteiger partial charge in [0.05, 0.1) is 11.4 Å². The number of hydrogen-bond donors (Lipinski definition) is 0. The molecule has 1 aromatic heterocycles. The van der Waals surface area contributed by atoms with Crippen LogP contribution in [0.3, 0.4) is 0 Å². The number of fused-ring (bicyclic) bond motifs is 3. The molecule has 23 heavy (non-hydrogen) atoms. The lowest BCUT2D eigenvalue weighted by Gasteiger charge is -2.31. The van der Waals surface area contributed by atoms with Gasteiger partial charge in [-0.25, -0.2) is 0 Å². The Labute approximate surface area is 134 Å². The lowest BCUT2D eigenvalue weighted by molar-refractivity contribution is -0.126. The molecule has 3 heterocycles. The smallest absolute Gasteiger partial charge is 0.248 e.